The number of halogens is 1. The molecular formula is C13H15FN4. The summed E-state index contributed by atoms with van der Waals surface area (Å²) in [5, 5.41) is 8.30. The second-order valence-corrected chi connectivity index (χ2v) is 4.95. The molecule has 0 amide bonds. The Morgan fingerprint density at radius 2 is 2.22 bits per heavy atom. The lowest BCUT2D eigenvalue weighted by Crippen LogP contribution is -2.27. The molecule has 0 spiro atoms. The van der Waals surface area contributed by atoms with Gasteiger partial charge in [0.1, 0.15) is 11.6 Å². The summed E-state index contributed by atoms with van der Waals surface area (Å²) in [7, 11) is 0. The van der Waals surface area contributed by atoms with Crippen molar-refractivity contribution in [1.29, 1.82) is 0 Å². The molecule has 0 saturated carbocycles. The predicted octanol–water partition coefficient (Wildman–Crippen LogP) is 2.12. The van der Waals surface area contributed by atoms with E-state index in [9.17, 15) is 4.39 Å². The van der Waals surface area contributed by atoms with Crippen molar-refractivity contribution in [3.8, 4) is 11.4 Å². The largest absolute Gasteiger partial charge is 0.321 e. The predicted molar refractivity (Wildman–Crippen MR) is 66.1 cm³/mol. The molecule has 94 valence electrons. The van der Waals surface area contributed by atoms with Crippen LogP contribution in [0.1, 0.15) is 25.2 Å². The fourth-order valence-electron chi connectivity index (χ4n) is 2.54. The zero-order valence-corrected chi connectivity index (χ0v) is 10.2. The zero-order chi connectivity index (χ0) is 12.7. The van der Waals surface area contributed by atoms with Gasteiger partial charge in [0.25, 0.3) is 0 Å². The first-order chi connectivity index (χ1) is 8.65. The highest BCUT2D eigenvalue weighted by molar-refractivity contribution is 5.55. The van der Waals surface area contributed by atoms with E-state index in [1.54, 1.807) is 6.07 Å². The van der Waals surface area contributed by atoms with Gasteiger partial charge < -0.3 is 10.3 Å². The fourth-order valence-corrected chi connectivity index (χ4v) is 2.54. The van der Waals surface area contributed by atoms with E-state index in [4.69, 9.17) is 5.73 Å². The van der Waals surface area contributed by atoms with Gasteiger partial charge in [0.2, 0.25) is 0 Å². The number of fused-ring (bicyclic) bond motifs is 1. The van der Waals surface area contributed by atoms with Crippen molar-refractivity contribution in [2.45, 2.75) is 25.9 Å². The van der Waals surface area contributed by atoms with Gasteiger partial charge in [0.15, 0.2) is 5.82 Å². The number of nitrogens with zero attached hydrogens (tertiary/aromatic N) is 3. The van der Waals surface area contributed by atoms with Gasteiger partial charge in [-0.1, -0.05) is 19.1 Å². The Labute approximate surface area is 105 Å². The molecule has 5 heteroatoms. The maximum absolute atomic E-state index is 13.3. The van der Waals surface area contributed by atoms with Crippen molar-refractivity contribution >= 4 is 0 Å². The van der Waals surface area contributed by atoms with Crippen LogP contribution in [0.25, 0.3) is 11.4 Å². The molecule has 0 bridgehead atoms. The van der Waals surface area contributed by atoms with Crippen LogP contribution in [0.2, 0.25) is 0 Å². The molecule has 0 radical (unpaired) electrons. The molecule has 3 rings (SSSR count). The summed E-state index contributed by atoms with van der Waals surface area (Å²) in [5.41, 5.74) is 6.81. The van der Waals surface area contributed by atoms with Crippen LogP contribution in [-0.2, 0) is 6.54 Å². The van der Waals surface area contributed by atoms with Crippen molar-refractivity contribution in [3.05, 3.63) is 35.9 Å². The van der Waals surface area contributed by atoms with Crippen molar-refractivity contribution < 1.29 is 4.39 Å². The van der Waals surface area contributed by atoms with Gasteiger partial charge in [-0.05, 0) is 24.5 Å². The Balaban J connectivity index is 2.09. The van der Waals surface area contributed by atoms with E-state index in [0.717, 1.165) is 24.4 Å². The van der Waals surface area contributed by atoms with E-state index in [0.29, 0.717) is 11.7 Å². The summed E-state index contributed by atoms with van der Waals surface area (Å²) in [6, 6.07) is 6.33. The Kier molecular flexibility index (Phi) is 2.63. The Morgan fingerprint density at radius 3 is 3.00 bits per heavy atom. The molecule has 2 atom stereocenters. The van der Waals surface area contributed by atoms with Gasteiger partial charge in [-0.3, -0.25) is 0 Å². The van der Waals surface area contributed by atoms with Crippen LogP contribution >= 0.6 is 0 Å². The summed E-state index contributed by atoms with van der Waals surface area (Å²) < 4.78 is 15.3. The topological polar surface area (TPSA) is 56.7 Å². The van der Waals surface area contributed by atoms with E-state index < -0.39 is 0 Å². The standard InChI is InChI=1S/C13H15FN4/c1-8-5-11(15)13-17-16-12(18(13)7-8)9-3-2-4-10(14)6-9/h2-4,6,8,11H,5,7,15H2,1H3. The molecule has 2 N–H and O–H groups in total. The third-order valence-electron chi connectivity index (χ3n) is 3.34. The molecule has 1 aliphatic heterocycles. The van der Waals surface area contributed by atoms with Crippen LogP contribution in [0.5, 0.6) is 0 Å². The van der Waals surface area contributed by atoms with Crippen LogP contribution in [0.4, 0.5) is 4.39 Å². The van der Waals surface area contributed by atoms with Gasteiger partial charge in [0, 0.05) is 12.1 Å². The van der Waals surface area contributed by atoms with Crippen molar-refractivity contribution in [3.63, 3.8) is 0 Å². The number of hydrogen-bond donors (Lipinski definition) is 1. The summed E-state index contributed by atoms with van der Waals surface area (Å²) >= 11 is 0. The van der Waals surface area contributed by atoms with Crippen LogP contribution in [0.15, 0.2) is 24.3 Å². The molecule has 2 unspecified atom stereocenters. The molecular weight excluding hydrogens is 231 g/mol. The highest BCUT2D eigenvalue weighted by atomic mass is 19.1. The normalized spacial score (nSPS) is 22.8. The maximum atomic E-state index is 13.3. The summed E-state index contributed by atoms with van der Waals surface area (Å²) in [4.78, 5) is 0. The van der Waals surface area contributed by atoms with E-state index in [-0.39, 0.29) is 11.9 Å². The Bertz CT molecular complexity index is 578. The quantitative estimate of drug-likeness (QED) is 0.838. The number of rotatable bonds is 1. The van der Waals surface area contributed by atoms with E-state index in [1.165, 1.54) is 12.1 Å². The minimum atomic E-state index is -0.266. The molecule has 1 aromatic heterocycles. The molecule has 0 fully saturated rings. The molecule has 18 heavy (non-hydrogen) atoms. The molecule has 0 saturated heterocycles. The summed E-state index contributed by atoms with van der Waals surface area (Å²) in [6.07, 6.45) is 0.918. The van der Waals surface area contributed by atoms with Gasteiger partial charge in [-0.25, -0.2) is 4.39 Å². The van der Waals surface area contributed by atoms with Gasteiger partial charge >= 0.3 is 0 Å². The van der Waals surface area contributed by atoms with Crippen LogP contribution in [-0.4, -0.2) is 14.8 Å². The van der Waals surface area contributed by atoms with Crippen molar-refractivity contribution in [2.24, 2.45) is 11.7 Å². The van der Waals surface area contributed by atoms with Gasteiger partial charge in [0.05, 0.1) is 6.04 Å². The highest BCUT2D eigenvalue weighted by Crippen LogP contribution is 2.30. The first-order valence-corrected chi connectivity index (χ1v) is 6.10. The number of nitrogens with two attached hydrogens (primary N) is 1. The van der Waals surface area contributed by atoms with Gasteiger partial charge in [-0.2, -0.15) is 0 Å². The Morgan fingerprint density at radius 1 is 1.39 bits per heavy atom. The second kappa shape index (κ2) is 4.17. The third-order valence-corrected chi connectivity index (χ3v) is 3.34. The number of hydrogen-bond acceptors (Lipinski definition) is 3. The van der Waals surface area contributed by atoms with Gasteiger partial charge in [-0.15, -0.1) is 10.2 Å². The van der Waals surface area contributed by atoms with E-state index >= 15 is 0 Å². The maximum Gasteiger partial charge on any atom is 0.164 e. The van der Waals surface area contributed by atoms with Crippen LogP contribution < -0.4 is 5.73 Å². The van der Waals surface area contributed by atoms with Crippen LogP contribution in [0, 0.1) is 11.7 Å². The number of aromatic nitrogens is 3. The molecule has 1 aliphatic rings. The smallest absolute Gasteiger partial charge is 0.164 e. The lowest BCUT2D eigenvalue weighted by molar-refractivity contribution is 0.348. The lowest BCUT2D eigenvalue weighted by atomic mass is 9.97. The summed E-state index contributed by atoms with van der Waals surface area (Å²) in [6.45, 7) is 2.99. The number of benzene rings is 1. The first kappa shape index (κ1) is 11.3. The SMILES string of the molecule is CC1CC(N)c2nnc(-c3cccc(F)c3)n2C1. The second-order valence-electron chi connectivity index (χ2n) is 4.95. The lowest BCUT2D eigenvalue weighted by Gasteiger charge is -2.25. The third kappa shape index (κ3) is 1.80. The zero-order valence-electron chi connectivity index (χ0n) is 10.2. The van der Waals surface area contributed by atoms with E-state index in [1.807, 2.05) is 10.6 Å². The molecule has 4 nitrogen and oxygen atoms in total. The molecule has 2 aromatic rings. The molecule has 2 heterocycles. The van der Waals surface area contributed by atoms with Crippen LogP contribution in [0.3, 0.4) is 0 Å². The fraction of sp³-hybridized carbons (Fsp3) is 0.385. The van der Waals surface area contributed by atoms with E-state index in [2.05, 4.69) is 17.1 Å². The average Bonchev–Trinajstić information content (AvgIpc) is 2.72. The summed E-state index contributed by atoms with van der Waals surface area (Å²) in [5.74, 6) is 1.72. The minimum absolute atomic E-state index is 0.0800. The Hall–Kier alpha value is -1.75. The monoisotopic (exact) mass is 246 g/mol. The highest BCUT2D eigenvalue weighted by Gasteiger charge is 2.26. The minimum Gasteiger partial charge on any atom is -0.321 e. The average molecular weight is 246 g/mol. The van der Waals surface area contributed by atoms with Crippen molar-refractivity contribution in [1.82, 2.24) is 14.8 Å². The molecule has 1 aromatic carbocycles. The van der Waals surface area contributed by atoms with Crippen molar-refractivity contribution in [2.75, 3.05) is 0 Å². The molecule has 0 aliphatic carbocycles. The first-order valence-electron chi connectivity index (χ1n) is 6.10.